The average molecular weight is 1620 g/mol. The molecule has 0 bridgehead atoms. The van der Waals surface area contributed by atoms with Crippen LogP contribution in [0.4, 0.5) is 0 Å². The zero-order chi connectivity index (χ0) is 67.1. The maximum atomic E-state index is 8.66. The van der Waals surface area contributed by atoms with Crippen LogP contribution in [0.25, 0.3) is 90.9 Å². The number of halogens is 4. The van der Waals surface area contributed by atoms with E-state index in [0.29, 0.717) is 0 Å². The average Bonchev–Trinajstić information content (AvgIpc) is 1.90. The molecule has 468 valence electrons. The molecule has 2 nitrogen and oxygen atoms in total. The van der Waals surface area contributed by atoms with Crippen molar-refractivity contribution >= 4 is 230 Å². The predicted octanol–water partition coefficient (Wildman–Crippen LogP) is 26.6. The number of hydrogen-bond acceptors (Lipinski definition) is 8. The Balaban J connectivity index is 0.000000127. The molecule has 0 saturated carbocycles. The van der Waals surface area contributed by atoms with Gasteiger partial charge in [-0.2, -0.15) is 0 Å². The van der Waals surface area contributed by atoms with Crippen molar-refractivity contribution in [2.24, 2.45) is 0 Å². The van der Waals surface area contributed by atoms with Crippen LogP contribution >= 0.6 is 132 Å². The second kappa shape index (κ2) is 36.0. The fourth-order valence-corrected chi connectivity index (χ4v) is 16.1. The van der Waals surface area contributed by atoms with Crippen molar-refractivity contribution in [3.8, 4) is 29.6 Å². The molecule has 0 amide bonds. The van der Waals surface area contributed by atoms with Gasteiger partial charge in [0.05, 0.1) is 9.75 Å². The van der Waals surface area contributed by atoms with Crippen molar-refractivity contribution < 1.29 is 10.0 Å². The Hall–Kier alpha value is -8.02. The Bertz CT molecular complexity index is 5030. The van der Waals surface area contributed by atoms with Crippen molar-refractivity contribution in [1.29, 1.82) is 0 Å². The van der Waals surface area contributed by atoms with E-state index >= 15 is 0 Å². The van der Waals surface area contributed by atoms with E-state index in [4.69, 9.17) is 16.5 Å². The number of hydrogen-bond donors (Lipinski definition) is 2. The summed E-state index contributed by atoms with van der Waals surface area (Å²) >= 11 is 23.7. The summed E-state index contributed by atoms with van der Waals surface area (Å²) in [5.74, 6) is 16.8. The van der Waals surface area contributed by atoms with Gasteiger partial charge in [-0.1, -0.05) is 227 Å². The minimum absolute atomic E-state index is 0.895. The molecule has 0 aliphatic rings. The van der Waals surface area contributed by atoms with Crippen LogP contribution in [0.3, 0.4) is 0 Å². The number of thiophene rings is 6. The Morgan fingerprint density at radius 2 is 0.557 bits per heavy atom. The summed E-state index contributed by atoms with van der Waals surface area (Å²) in [4.78, 5) is 6.68. The van der Waals surface area contributed by atoms with Crippen molar-refractivity contribution in [3.63, 3.8) is 0 Å². The normalized spacial score (nSPS) is 10.7. The summed E-state index contributed by atoms with van der Waals surface area (Å²) in [5, 5.41) is 24.8. The maximum absolute atomic E-state index is 8.66. The topological polar surface area (TPSA) is 40.5 Å². The van der Waals surface area contributed by atoms with Crippen molar-refractivity contribution in [2.75, 3.05) is 0 Å². The zero-order valence-electron chi connectivity index (χ0n) is 51.5. The molecule has 0 radical (unpaired) electrons. The second-order valence-electron chi connectivity index (χ2n) is 21.2. The first kappa shape index (κ1) is 70.3. The Kier molecular flexibility index (Phi) is 26.1. The fraction of sp³-hybridized carbons (Fsp3) is 0. The molecule has 0 spiro atoms. The molecule has 0 fully saturated rings. The van der Waals surface area contributed by atoms with Gasteiger partial charge >= 0.3 is 76.1 Å². The van der Waals surface area contributed by atoms with Gasteiger partial charge in [0.15, 0.2) is 0 Å². The summed E-state index contributed by atoms with van der Waals surface area (Å²) in [6.07, 6.45) is 17.4. The first-order valence-corrected chi connectivity index (χ1v) is 38.3. The molecule has 0 saturated heterocycles. The van der Waals surface area contributed by atoms with E-state index in [-0.39, 0.29) is 0 Å². The molecule has 0 aliphatic heterocycles. The standard InChI is InChI=1S/C26H18S2.C26H14S2.C10H9BO2S.C10H5S.2C6H4Br2/c2*1-3-7-25-21(5-1)17-23(27-25)15-13-19-9-11-20(12-10-19)14-16-24-18-22-6-2-4-8-26(22)28-24;12-11(13)6-5-9-7-8-3-1-2-4-10(8)14-9;1-2-9-7-8-5-3-4-6-10(8)11-9;2*7-5-1-2-6(8)4-3-5/h1-18H;1-12,17-18H;1-7,12-13H;3-7H;2*1-4H/q;;;+1;;/b15-13+,16-14+;;6-5+;;;. The van der Waals surface area contributed by atoms with Gasteiger partial charge in [-0.15, -0.1) is 56.7 Å². The molecule has 0 atom stereocenters. The van der Waals surface area contributed by atoms with Crippen LogP contribution in [0.2, 0.25) is 0 Å². The van der Waals surface area contributed by atoms with Crippen LogP contribution in [0.5, 0.6) is 0 Å². The molecule has 0 unspecified atom stereocenters. The number of rotatable bonds is 6. The summed E-state index contributed by atoms with van der Waals surface area (Å²) in [5.41, 5.74) is 4.45. The van der Waals surface area contributed by atoms with Crippen LogP contribution in [0.15, 0.2) is 303 Å². The molecule has 6 aromatic heterocycles. The Morgan fingerprint density at radius 3 is 0.845 bits per heavy atom. The summed E-state index contributed by atoms with van der Waals surface area (Å²) < 4.78 is 12.1. The zero-order valence-corrected chi connectivity index (χ0v) is 62.7. The first-order chi connectivity index (χ1) is 47.4. The minimum atomic E-state index is -1.37. The van der Waals surface area contributed by atoms with E-state index in [1.54, 1.807) is 51.4 Å². The monoisotopic (exact) mass is 1610 g/mol. The number of benzene rings is 10. The van der Waals surface area contributed by atoms with E-state index < -0.39 is 7.12 Å². The van der Waals surface area contributed by atoms with E-state index in [2.05, 4.69) is 269 Å². The van der Waals surface area contributed by atoms with Gasteiger partial charge in [0, 0.05) is 67.1 Å². The SMILES string of the molecule is Brc1ccc(Br)cc1.Brc1ccc(Br)cc1.C(#Cc1cc2ccccc2s1)c1ccc(C#Cc2cc3ccccc3s2)cc1.C(=C\c1cc2ccccc2s1)/c1ccc(/C=C/c2cc3ccccc3s2)cc1.OB(O)/C=C/c1cc2ccccc2s1.[C+]#Cc1cc2ccccc2s1. The van der Waals surface area contributed by atoms with Crippen LogP contribution < -0.4 is 0 Å². The van der Waals surface area contributed by atoms with Crippen LogP contribution in [-0.2, 0) is 0 Å². The van der Waals surface area contributed by atoms with E-state index in [1.807, 2.05) is 150 Å². The first-order valence-electron chi connectivity index (χ1n) is 30.2. The van der Waals surface area contributed by atoms with Gasteiger partial charge in [0.25, 0.3) is 0 Å². The molecular weight excluding hydrogens is 1560 g/mol. The molecule has 2 N–H and O–H groups in total. The van der Waals surface area contributed by atoms with Crippen LogP contribution in [0.1, 0.15) is 51.5 Å². The van der Waals surface area contributed by atoms with Crippen LogP contribution in [-0.4, -0.2) is 17.2 Å². The summed E-state index contributed by atoms with van der Waals surface area (Å²) in [6.45, 7) is 0. The van der Waals surface area contributed by atoms with E-state index in [9.17, 15) is 0 Å². The summed E-state index contributed by atoms with van der Waals surface area (Å²) in [7, 11) is -1.37. The molecular formula is C84H54BBr4O2S6+. The fourth-order valence-electron chi connectivity index (χ4n) is 9.40. The Morgan fingerprint density at radius 1 is 0.289 bits per heavy atom. The van der Waals surface area contributed by atoms with Crippen molar-refractivity contribution in [2.45, 2.75) is 0 Å². The van der Waals surface area contributed by atoms with Crippen molar-refractivity contribution in [3.05, 3.63) is 361 Å². The van der Waals surface area contributed by atoms with Crippen molar-refractivity contribution in [1.82, 2.24) is 0 Å². The third kappa shape index (κ3) is 21.7. The third-order valence-electron chi connectivity index (χ3n) is 14.1. The number of fused-ring (bicyclic) bond motifs is 6. The molecule has 97 heavy (non-hydrogen) atoms. The molecule has 16 rings (SSSR count). The molecule has 10 aromatic carbocycles. The van der Waals surface area contributed by atoms with Gasteiger partial charge in [-0.3, -0.25) is 0 Å². The van der Waals surface area contributed by atoms with Gasteiger partial charge in [0.1, 0.15) is 0 Å². The van der Waals surface area contributed by atoms with Gasteiger partial charge in [-0.05, 0) is 184 Å². The molecule has 0 aliphatic carbocycles. The van der Waals surface area contributed by atoms with E-state index in [1.165, 1.54) is 87.4 Å². The van der Waals surface area contributed by atoms with E-state index in [0.717, 1.165) is 48.5 Å². The predicted molar refractivity (Wildman–Crippen MR) is 443 cm³/mol. The molecule has 6 heterocycles. The van der Waals surface area contributed by atoms with Gasteiger partial charge in [-0.25, -0.2) is 0 Å². The quantitative estimate of drug-likeness (QED) is 0.0990. The Labute approximate surface area is 623 Å². The summed E-state index contributed by atoms with van der Waals surface area (Å²) in [6, 6.07) is 95.6. The van der Waals surface area contributed by atoms with Gasteiger partial charge in [0.2, 0.25) is 0 Å². The third-order valence-corrected chi connectivity index (χ3v) is 22.6. The van der Waals surface area contributed by atoms with Crippen LogP contribution in [0, 0.1) is 36.0 Å². The molecule has 16 aromatic rings. The van der Waals surface area contributed by atoms with Gasteiger partial charge < -0.3 is 10.0 Å². The molecule has 13 heteroatoms. The second-order valence-corrected chi connectivity index (χ2v) is 31.4.